The number of ether oxygens (including phenoxy) is 1. The fraction of sp³-hybridized carbons (Fsp3) is 0.786. The van der Waals surface area contributed by atoms with Gasteiger partial charge in [0.2, 0.25) is 0 Å². The number of carbonyl (C=O) groups excluding carboxylic acids is 1. The van der Waals surface area contributed by atoms with Crippen molar-refractivity contribution >= 4 is 5.97 Å². The molecule has 0 heterocycles. The van der Waals surface area contributed by atoms with Crippen LogP contribution >= 0.6 is 0 Å². The summed E-state index contributed by atoms with van der Waals surface area (Å²) in [4.78, 5) is 11.6. The van der Waals surface area contributed by atoms with Crippen LogP contribution in [-0.4, -0.2) is 12.6 Å². The summed E-state index contributed by atoms with van der Waals surface area (Å²) in [5, 5.41) is 0. The Hall–Kier alpha value is -0.790. The van der Waals surface area contributed by atoms with Crippen molar-refractivity contribution in [1.29, 1.82) is 0 Å². The van der Waals surface area contributed by atoms with E-state index < -0.39 is 0 Å². The van der Waals surface area contributed by atoms with Crippen molar-refractivity contribution in [3.8, 4) is 0 Å². The molecule has 1 saturated carbocycles. The molecule has 0 spiro atoms. The van der Waals surface area contributed by atoms with Gasteiger partial charge >= 0.3 is 5.97 Å². The highest BCUT2D eigenvalue weighted by molar-refractivity contribution is 5.87. The zero-order valence-electron chi connectivity index (χ0n) is 10.6. The van der Waals surface area contributed by atoms with Gasteiger partial charge in [-0.2, -0.15) is 0 Å². The van der Waals surface area contributed by atoms with Gasteiger partial charge in [0.15, 0.2) is 0 Å². The predicted octanol–water partition coefficient (Wildman–Crippen LogP) is 3.86. The minimum Gasteiger partial charge on any atom is -0.462 e. The fourth-order valence-electron chi connectivity index (χ4n) is 2.21. The van der Waals surface area contributed by atoms with E-state index >= 15 is 0 Å². The molecule has 1 rings (SSSR count). The number of esters is 1. The molecule has 0 bridgehead atoms. The lowest BCUT2D eigenvalue weighted by Gasteiger charge is -2.10. The Morgan fingerprint density at radius 3 is 2.44 bits per heavy atom. The van der Waals surface area contributed by atoms with Crippen LogP contribution in [0.5, 0.6) is 0 Å². The second-order valence-corrected chi connectivity index (χ2v) is 4.74. The highest BCUT2D eigenvalue weighted by atomic mass is 16.5. The van der Waals surface area contributed by atoms with Crippen molar-refractivity contribution in [1.82, 2.24) is 0 Å². The molecule has 16 heavy (non-hydrogen) atoms. The third-order valence-electron chi connectivity index (χ3n) is 3.14. The smallest absolute Gasteiger partial charge is 0.333 e. The standard InChI is InChI=1S/C14H24O2/c1-3-10-16-14(15)12(2)11-13-8-6-4-5-7-9-13/h11,13H,3-10H2,1-2H3. The molecule has 0 aromatic rings. The van der Waals surface area contributed by atoms with Crippen molar-refractivity contribution in [3.63, 3.8) is 0 Å². The largest absolute Gasteiger partial charge is 0.462 e. The number of hydrogen-bond acceptors (Lipinski definition) is 2. The van der Waals surface area contributed by atoms with Crippen LogP contribution in [-0.2, 0) is 9.53 Å². The fourth-order valence-corrected chi connectivity index (χ4v) is 2.21. The molecule has 1 aliphatic rings. The summed E-state index contributed by atoms with van der Waals surface area (Å²) in [6.45, 7) is 4.43. The molecule has 0 saturated heterocycles. The lowest BCUT2D eigenvalue weighted by molar-refractivity contribution is -0.139. The Kier molecular flexibility index (Phi) is 6.20. The number of carbonyl (C=O) groups is 1. The molecular weight excluding hydrogens is 200 g/mol. The highest BCUT2D eigenvalue weighted by Gasteiger charge is 2.12. The minimum atomic E-state index is -0.133. The monoisotopic (exact) mass is 224 g/mol. The van der Waals surface area contributed by atoms with Crippen LogP contribution in [0.25, 0.3) is 0 Å². The molecule has 0 aromatic heterocycles. The number of hydrogen-bond donors (Lipinski definition) is 0. The van der Waals surface area contributed by atoms with E-state index in [1.165, 1.54) is 38.5 Å². The molecule has 0 amide bonds. The van der Waals surface area contributed by atoms with Gasteiger partial charge in [-0.1, -0.05) is 38.7 Å². The average molecular weight is 224 g/mol. The Labute approximate surface area is 99.1 Å². The third-order valence-corrected chi connectivity index (χ3v) is 3.14. The molecule has 92 valence electrons. The van der Waals surface area contributed by atoms with Gasteiger partial charge < -0.3 is 4.74 Å². The molecule has 0 aliphatic heterocycles. The first kappa shape index (κ1) is 13.3. The van der Waals surface area contributed by atoms with E-state index in [4.69, 9.17) is 4.74 Å². The lowest BCUT2D eigenvalue weighted by atomic mass is 9.98. The predicted molar refractivity (Wildman–Crippen MR) is 66.2 cm³/mol. The summed E-state index contributed by atoms with van der Waals surface area (Å²) in [5.74, 6) is 0.461. The van der Waals surface area contributed by atoms with Gasteiger partial charge in [-0.25, -0.2) is 4.79 Å². The summed E-state index contributed by atoms with van der Waals surface area (Å²) in [6, 6.07) is 0. The molecule has 2 heteroatoms. The summed E-state index contributed by atoms with van der Waals surface area (Å²) >= 11 is 0. The van der Waals surface area contributed by atoms with E-state index in [0.29, 0.717) is 12.5 Å². The van der Waals surface area contributed by atoms with E-state index in [-0.39, 0.29) is 5.97 Å². The first-order chi connectivity index (χ1) is 7.74. The Bertz CT molecular complexity index is 235. The van der Waals surface area contributed by atoms with Gasteiger partial charge in [0.05, 0.1) is 6.61 Å². The van der Waals surface area contributed by atoms with Gasteiger partial charge in [0, 0.05) is 5.57 Å². The van der Waals surface area contributed by atoms with Crippen LogP contribution in [0.1, 0.15) is 58.8 Å². The summed E-state index contributed by atoms with van der Waals surface area (Å²) in [6.07, 6.45) is 10.8. The molecule has 0 radical (unpaired) electrons. The zero-order valence-corrected chi connectivity index (χ0v) is 10.6. The maximum Gasteiger partial charge on any atom is 0.333 e. The second kappa shape index (κ2) is 7.48. The summed E-state index contributed by atoms with van der Waals surface area (Å²) < 4.78 is 5.12. The number of allylic oxidation sites excluding steroid dienone is 1. The average Bonchev–Trinajstić information content (AvgIpc) is 2.54. The van der Waals surface area contributed by atoms with Crippen LogP contribution < -0.4 is 0 Å². The van der Waals surface area contributed by atoms with E-state index in [9.17, 15) is 4.79 Å². The van der Waals surface area contributed by atoms with Crippen molar-refractivity contribution in [2.75, 3.05) is 6.61 Å². The minimum absolute atomic E-state index is 0.133. The maximum absolute atomic E-state index is 11.6. The molecule has 1 aliphatic carbocycles. The Morgan fingerprint density at radius 2 is 1.88 bits per heavy atom. The van der Waals surface area contributed by atoms with Crippen molar-refractivity contribution in [3.05, 3.63) is 11.6 Å². The number of rotatable bonds is 4. The third kappa shape index (κ3) is 4.82. The first-order valence-electron chi connectivity index (χ1n) is 6.59. The quantitative estimate of drug-likeness (QED) is 0.412. The topological polar surface area (TPSA) is 26.3 Å². The van der Waals surface area contributed by atoms with Gasteiger partial charge in [-0.05, 0) is 32.1 Å². The first-order valence-corrected chi connectivity index (χ1v) is 6.59. The highest BCUT2D eigenvalue weighted by Crippen LogP contribution is 2.24. The lowest BCUT2D eigenvalue weighted by Crippen LogP contribution is -2.08. The van der Waals surface area contributed by atoms with E-state index in [1.807, 2.05) is 13.8 Å². The Balaban J connectivity index is 2.43. The van der Waals surface area contributed by atoms with Gasteiger partial charge in [-0.3, -0.25) is 0 Å². The van der Waals surface area contributed by atoms with Gasteiger partial charge in [0.25, 0.3) is 0 Å². The summed E-state index contributed by atoms with van der Waals surface area (Å²) in [7, 11) is 0. The van der Waals surface area contributed by atoms with E-state index in [0.717, 1.165) is 12.0 Å². The summed E-state index contributed by atoms with van der Waals surface area (Å²) in [5.41, 5.74) is 0.792. The van der Waals surface area contributed by atoms with Crippen molar-refractivity contribution < 1.29 is 9.53 Å². The van der Waals surface area contributed by atoms with E-state index in [2.05, 4.69) is 6.08 Å². The van der Waals surface area contributed by atoms with Crippen LogP contribution in [0, 0.1) is 5.92 Å². The SMILES string of the molecule is CCCOC(=O)C(C)=CC1CCCCCC1. The molecule has 1 fully saturated rings. The molecule has 0 aromatic carbocycles. The van der Waals surface area contributed by atoms with Crippen LogP contribution in [0.4, 0.5) is 0 Å². The normalized spacial score (nSPS) is 19.2. The Morgan fingerprint density at radius 1 is 1.25 bits per heavy atom. The van der Waals surface area contributed by atoms with Gasteiger partial charge in [-0.15, -0.1) is 0 Å². The molecular formula is C14H24O2. The molecule has 2 nitrogen and oxygen atoms in total. The molecule has 0 atom stereocenters. The zero-order chi connectivity index (χ0) is 11.8. The van der Waals surface area contributed by atoms with E-state index in [1.54, 1.807) is 0 Å². The van der Waals surface area contributed by atoms with Gasteiger partial charge in [0.1, 0.15) is 0 Å². The van der Waals surface area contributed by atoms with Crippen LogP contribution in [0.15, 0.2) is 11.6 Å². The second-order valence-electron chi connectivity index (χ2n) is 4.74. The molecule has 0 unspecified atom stereocenters. The van der Waals surface area contributed by atoms with Crippen molar-refractivity contribution in [2.45, 2.75) is 58.8 Å². The van der Waals surface area contributed by atoms with Crippen molar-refractivity contribution in [2.24, 2.45) is 5.92 Å². The van der Waals surface area contributed by atoms with Crippen LogP contribution in [0.2, 0.25) is 0 Å². The maximum atomic E-state index is 11.6. The molecule has 0 N–H and O–H groups in total. The van der Waals surface area contributed by atoms with Crippen LogP contribution in [0.3, 0.4) is 0 Å².